The highest BCUT2D eigenvalue weighted by molar-refractivity contribution is 5.75. The fourth-order valence-corrected chi connectivity index (χ4v) is 4.35. The number of ether oxygens (including phenoxy) is 2. The van der Waals surface area contributed by atoms with E-state index in [4.69, 9.17) is 14.6 Å². The zero-order valence-corrected chi connectivity index (χ0v) is 17.3. The lowest BCUT2D eigenvalue weighted by atomic mass is 10.0. The van der Waals surface area contributed by atoms with Crippen LogP contribution in [0.5, 0.6) is 5.75 Å². The molecule has 29 heavy (non-hydrogen) atoms. The van der Waals surface area contributed by atoms with Crippen molar-refractivity contribution in [3.63, 3.8) is 0 Å². The molecule has 1 aromatic carbocycles. The molecular weight excluding hydrogens is 368 g/mol. The number of aromatic nitrogens is 2. The second-order valence-corrected chi connectivity index (χ2v) is 7.70. The number of methoxy groups -OCH3 is 1. The van der Waals surface area contributed by atoms with Gasteiger partial charge in [0, 0.05) is 37.3 Å². The number of hydrogen-bond acceptors (Lipinski definition) is 4. The summed E-state index contributed by atoms with van der Waals surface area (Å²) in [6.07, 6.45) is 3.89. The molecule has 4 rings (SSSR count). The Bertz CT molecular complexity index is 864. The third kappa shape index (κ3) is 4.10. The van der Waals surface area contributed by atoms with E-state index in [9.17, 15) is 4.79 Å². The lowest BCUT2D eigenvalue weighted by molar-refractivity contribution is 0.107. The van der Waals surface area contributed by atoms with Crippen molar-refractivity contribution in [2.75, 3.05) is 20.3 Å². The monoisotopic (exact) mass is 398 g/mol. The first-order valence-electron chi connectivity index (χ1n) is 10.5. The Balaban J connectivity index is 1.49. The fourth-order valence-electron chi connectivity index (χ4n) is 4.35. The second-order valence-electron chi connectivity index (χ2n) is 7.70. The van der Waals surface area contributed by atoms with Crippen LogP contribution < -0.4 is 10.1 Å². The summed E-state index contributed by atoms with van der Waals surface area (Å²) >= 11 is 0. The summed E-state index contributed by atoms with van der Waals surface area (Å²) in [5.41, 5.74) is 4.53. The number of benzene rings is 1. The van der Waals surface area contributed by atoms with E-state index in [1.807, 2.05) is 29.2 Å². The molecule has 3 heterocycles. The number of carbonyl (C=O) groups is 1. The number of urea groups is 1. The van der Waals surface area contributed by atoms with Gasteiger partial charge in [0.25, 0.3) is 0 Å². The van der Waals surface area contributed by atoms with Gasteiger partial charge in [-0.1, -0.05) is 19.1 Å². The van der Waals surface area contributed by atoms with Crippen molar-refractivity contribution in [1.82, 2.24) is 20.0 Å². The summed E-state index contributed by atoms with van der Waals surface area (Å²) in [5.74, 6) is 0.795. The van der Waals surface area contributed by atoms with E-state index in [1.165, 1.54) is 11.3 Å². The zero-order chi connectivity index (χ0) is 20.2. The molecule has 1 atom stereocenters. The van der Waals surface area contributed by atoms with Gasteiger partial charge in [-0.15, -0.1) is 0 Å². The van der Waals surface area contributed by atoms with Gasteiger partial charge < -0.3 is 19.7 Å². The first-order chi connectivity index (χ1) is 14.2. The maximum atomic E-state index is 13.0. The van der Waals surface area contributed by atoms with E-state index in [-0.39, 0.29) is 12.1 Å². The van der Waals surface area contributed by atoms with Gasteiger partial charge in [-0.2, -0.15) is 5.10 Å². The molecule has 1 unspecified atom stereocenters. The van der Waals surface area contributed by atoms with E-state index >= 15 is 0 Å². The normalized spacial score (nSPS) is 18.6. The molecule has 7 nitrogen and oxygen atoms in total. The van der Waals surface area contributed by atoms with Crippen molar-refractivity contribution in [3.05, 3.63) is 46.8 Å². The molecule has 0 radical (unpaired) electrons. The summed E-state index contributed by atoms with van der Waals surface area (Å²) in [7, 11) is 1.65. The number of carbonyl (C=O) groups excluding carboxylic acids is 1. The van der Waals surface area contributed by atoms with Crippen molar-refractivity contribution in [2.45, 2.75) is 58.3 Å². The topological polar surface area (TPSA) is 68.6 Å². The van der Waals surface area contributed by atoms with Gasteiger partial charge in [-0.3, -0.25) is 4.68 Å². The van der Waals surface area contributed by atoms with Crippen LogP contribution in [0.1, 0.15) is 54.7 Å². The second kappa shape index (κ2) is 8.86. The van der Waals surface area contributed by atoms with Crippen molar-refractivity contribution < 1.29 is 14.3 Å². The van der Waals surface area contributed by atoms with E-state index in [2.05, 4.69) is 16.9 Å². The van der Waals surface area contributed by atoms with Crippen LogP contribution in [0.2, 0.25) is 0 Å². The zero-order valence-electron chi connectivity index (χ0n) is 17.3. The number of rotatable bonds is 6. The minimum atomic E-state index is -0.0363. The van der Waals surface area contributed by atoms with Gasteiger partial charge in [-0.25, -0.2) is 4.79 Å². The molecule has 2 aliphatic heterocycles. The van der Waals surface area contributed by atoms with E-state index in [0.717, 1.165) is 62.4 Å². The van der Waals surface area contributed by atoms with E-state index in [0.29, 0.717) is 13.2 Å². The first-order valence-corrected chi connectivity index (χ1v) is 10.5. The van der Waals surface area contributed by atoms with Gasteiger partial charge in [0.1, 0.15) is 5.75 Å². The molecule has 0 aliphatic carbocycles. The molecule has 1 saturated heterocycles. The summed E-state index contributed by atoms with van der Waals surface area (Å²) in [4.78, 5) is 14.9. The first kappa shape index (κ1) is 19.8. The van der Waals surface area contributed by atoms with Gasteiger partial charge in [0.15, 0.2) is 0 Å². The average Bonchev–Trinajstić information content (AvgIpc) is 3.38. The quantitative estimate of drug-likeness (QED) is 0.810. The molecular formula is C22H30N4O3. The van der Waals surface area contributed by atoms with Crippen LogP contribution in [-0.4, -0.2) is 41.0 Å². The molecule has 2 aliphatic rings. The van der Waals surface area contributed by atoms with E-state index in [1.54, 1.807) is 7.11 Å². The van der Waals surface area contributed by atoms with Crippen LogP contribution in [-0.2, 0) is 30.9 Å². The molecule has 7 heteroatoms. The molecule has 1 fully saturated rings. The minimum absolute atomic E-state index is 0.0221. The van der Waals surface area contributed by atoms with Crippen molar-refractivity contribution in [3.8, 4) is 5.75 Å². The average molecular weight is 399 g/mol. The molecule has 0 saturated carbocycles. The lowest BCUT2D eigenvalue weighted by Gasteiger charge is -2.25. The lowest BCUT2D eigenvalue weighted by Crippen LogP contribution is -2.39. The van der Waals surface area contributed by atoms with E-state index < -0.39 is 0 Å². The highest BCUT2D eigenvalue weighted by atomic mass is 16.5. The van der Waals surface area contributed by atoms with Crippen LogP contribution >= 0.6 is 0 Å². The highest BCUT2D eigenvalue weighted by Crippen LogP contribution is 2.36. The summed E-state index contributed by atoms with van der Waals surface area (Å²) < 4.78 is 13.1. The third-order valence-corrected chi connectivity index (χ3v) is 5.77. The number of aryl methyl sites for hydroxylation is 1. The Morgan fingerprint density at radius 1 is 1.41 bits per heavy atom. The minimum Gasteiger partial charge on any atom is -0.497 e. The van der Waals surface area contributed by atoms with Crippen molar-refractivity contribution in [1.29, 1.82) is 0 Å². The van der Waals surface area contributed by atoms with Crippen LogP contribution in [0.3, 0.4) is 0 Å². The third-order valence-electron chi connectivity index (χ3n) is 5.77. The van der Waals surface area contributed by atoms with Gasteiger partial charge in [0.05, 0.1) is 32.1 Å². The molecule has 1 aromatic heterocycles. The number of hydrogen-bond donors (Lipinski definition) is 1. The molecule has 2 aromatic rings. The highest BCUT2D eigenvalue weighted by Gasteiger charge is 2.35. The van der Waals surface area contributed by atoms with Crippen LogP contribution in [0.4, 0.5) is 4.79 Å². The van der Waals surface area contributed by atoms with Crippen molar-refractivity contribution in [2.24, 2.45) is 0 Å². The van der Waals surface area contributed by atoms with Crippen LogP contribution in [0.15, 0.2) is 24.3 Å². The molecule has 1 N–H and O–H groups in total. The van der Waals surface area contributed by atoms with Crippen LogP contribution in [0, 0.1) is 0 Å². The summed E-state index contributed by atoms with van der Waals surface area (Å²) in [6, 6.07) is 7.76. The molecule has 156 valence electrons. The number of nitrogens with zero attached hydrogens (tertiary/aromatic N) is 3. The largest absolute Gasteiger partial charge is 0.497 e. The number of amides is 2. The maximum absolute atomic E-state index is 13.0. The number of fused-ring (bicyclic) bond motifs is 1. The summed E-state index contributed by atoms with van der Waals surface area (Å²) in [6.45, 7) is 5.66. The standard InChI is InChI=1S/C22H30N4O3/c1-3-10-26-19-9-12-29-15-18(19)21(24-26)20-8-5-11-25(20)22(27)23-14-16-6-4-7-17(13-16)28-2/h4,6-7,13,20H,3,5,8-12,14-15H2,1-2H3,(H,23,27). The molecule has 0 spiro atoms. The smallest absolute Gasteiger partial charge is 0.318 e. The predicted octanol–water partition coefficient (Wildman–Crippen LogP) is 3.42. The fraction of sp³-hybridized carbons (Fsp3) is 0.545. The number of likely N-dealkylation sites (tertiary alicyclic amines) is 1. The number of nitrogens with one attached hydrogen (secondary N) is 1. The predicted molar refractivity (Wildman–Crippen MR) is 110 cm³/mol. The summed E-state index contributed by atoms with van der Waals surface area (Å²) in [5, 5.41) is 8.01. The Hall–Kier alpha value is -2.54. The Labute approximate surface area is 172 Å². The molecule has 2 amide bonds. The van der Waals surface area contributed by atoms with Gasteiger partial charge in [0.2, 0.25) is 0 Å². The van der Waals surface area contributed by atoms with Gasteiger partial charge in [-0.05, 0) is 37.0 Å². The Kier molecular flexibility index (Phi) is 6.04. The SMILES string of the molecule is CCCn1nc(C2CCCN2C(=O)NCc2cccc(OC)c2)c2c1CCOC2. The van der Waals surface area contributed by atoms with Gasteiger partial charge >= 0.3 is 6.03 Å². The Morgan fingerprint density at radius 3 is 3.14 bits per heavy atom. The Morgan fingerprint density at radius 2 is 2.31 bits per heavy atom. The van der Waals surface area contributed by atoms with Crippen LogP contribution in [0.25, 0.3) is 0 Å². The maximum Gasteiger partial charge on any atom is 0.318 e. The molecule has 0 bridgehead atoms. The van der Waals surface area contributed by atoms with Crippen molar-refractivity contribution >= 4 is 6.03 Å².